The Morgan fingerprint density at radius 2 is 2.00 bits per heavy atom. The predicted molar refractivity (Wildman–Crippen MR) is 76.7 cm³/mol. The third-order valence-electron chi connectivity index (χ3n) is 2.78. The average molecular weight is 258 g/mol. The Morgan fingerprint density at radius 1 is 1.21 bits per heavy atom. The molecule has 19 heavy (non-hydrogen) atoms. The van der Waals surface area contributed by atoms with Gasteiger partial charge in [-0.05, 0) is 18.6 Å². The molecule has 2 N–H and O–H groups in total. The Morgan fingerprint density at radius 3 is 2.74 bits per heavy atom. The van der Waals surface area contributed by atoms with Gasteiger partial charge in [0.15, 0.2) is 0 Å². The van der Waals surface area contributed by atoms with Crippen LogP contribution in [0.25, 0.3) is 0 Å². The number of hydrogen-bond donors (Lipinski definition) is 2. The molecule has 0 radical (unpaired) electrons. The zero-order chi connectivity index (χ0) is 13.5. The number of hydrogen-bond acceptors (Lipinski definition) is 5. The second-order valence-corrected chi connectivity index (χ2v) is 4.16. The van der Waals surface area contributed by atoms with E-state index in [0.717, 1.165) is 17.3 Å². The molecule has 100 valence electrons. The molecular formula is C14H18N4O. The molecule has 0 unspecified atom stereocenters. The zero-order valence-electron chi connectivity index (χ0n) is 11.0. The smallest absolute Gasteiger partial charge is 0.138 e. The zero-order valence-corrected chi connectivity index (χ0v) is 11.0. The summed E-state index contributed by atoms with van der Waals surface area (Å²) in [6.07, 6.45) is 2.24. The van der Waals surface area contributed by atoms with E-state index in [0.29, 0.717) is 13.0 Å². The summed E-state index contributed by atoms with van der Waals surface area (Å²) in [6.45, 7) is 0.872. The Balaban J connectivity index is 2.10. The fraction of sp³-hybridized carbons (Fsp3) is 0.286. The molecule has 0 aliphatic carbocycles. The van der Waals surface area contributed by atoms with E-state index in [2.05, 4.69) is 15.3 Å². The van der Waals surface area contributed by atoms with Gasteiger partial charge in [0.2, 0.25) is 0 Å². The van der Waals surface area contributed by atoms with Gasteiger partial charge in [-0.3, -0.25) is 0 Å². The minimum Gasteiger partial charge on any atom is -0.396 e. The molecule has 0 spiro atoms. The Bertz CT molecular complexity index is 504. The molecule has 0 saturated heterocycles. The van der Waals surface area contributed by atoms with Crippen LogP contribution in [0.5, 0.6) is 0 Å². The van der Waals surface area contributed by atoms with Gasteiger partial charge in [0, 0.05) is 32.0 Å². The van der Waals surface area contributed by atoms with Crippen molar-refractivity contribution in [1.82, 2.24) is 9.97 Å². The van der Waals surface area contributed by atoms with E-state index in [9.17, 15) is 0 Å². The molecule has 5 nitrogen and oxygen atoms in total. The number of rotatable bonds is 6. The molecule has 2 aromatic rings. The SMILES string of the molecule is CN(c1ccccc1)c1cc(NCCCO)ncn1. The fourth-order valence-corrected chi connectivity index (χ4v) is 1.71. The van der Waals surface area contributed by atoms with Gasteiger partial charge in [0.1, 0.15) is 18.0 Å². The Hall–Kier alpha value is -2.14. The van der Waals surface area contributed by atoms with Crippen molar-refractivity contribution in [2.45, 2.75) is 6.42 Å². The maximum Gasteiger partial charge on any atom is 0.138 e. The fourth-order valence-electron chi connectivity index (χ4n) is 1.71. The van der Waals surface area contributed by atoms with Crippen LogP contribution >= 0.6 is 0 Å². The minimum absolute atomic E-state index is 0.175. The van der Waals surface area contributed by atoms with Gasteiger partial charge in [0.05, 0.1) is 0 Å². The summed E-state index contributed by atoms with van der Waals surface area (Å²) in [7, 11) is 1.97. The van der Waals surface area contributed by atoms with Gasteiger partial charge in [0.25, 0.3) is 0 Å². The standard InChI is InChI=1S/C14H18N4O/c1-18(12-6-3-2-4-7-12)14-10-13(16-11-17-14)15-8-5-9-19/h2-4,6-7,10-11,19H,5,8-9H2,1H3,(H,15,16,17). The van der Waals surface area contributed by atoms with E-state index in [-0.39, 0.29) is 6.61 Å². The number of anilines is 3. The van der Waals surface area contributed by atoms with Gasteiger partial charge < -0.3 is 15.3 Å². The van der Waals surface area contributed by atoms with Crippen molar-refractivity contribution in [3.05, 3.63) is 42.7 Å². The largest absolute Gasteiger partial charge is 0.396 e. The van der Waals surface area contributed by atoms with E-state index in [1.165, 1.54) is 6.33 Å². The van der Waals surface area contributed by atoms with Crippen LogP contribution in [0, 0.1) is 0 Å². The van der Waals surface area contributed by atoms with E-state index >= 15 is 0 Å². The molecule has 5 heteroatoms. The minimum atomic E-state index is 0.175. The van der Waals surface area contributed by atoms with Gasteiger partial charge >= 0.3 is 0 Å². The van der Waals surface area contributed by atoms with Crippen molar-refractivity contribution < 1.29 is 5.11 Å². The third-order valence-corrected chi connectivity index (χ3v) is 2.78. The molecule has 0 saturated carbocycles. The third kappa shape index (κ3) is 3.66. The first-order valence-corrected chi connectivity index (χ1v) is 6.27. The van der Waals surface area contributed by atoms with Crippen molar-refractivity contribution in [2.24, 2.45) is 0 Å². The second kappa shape index (κ2) is 6.70. The molecule has 1 heterocycles. The number of aromatic nitrogens is 2. The first-order chi connectivity index (χ1) is 9.31. The van der Waals surface area contributed by atoms with E-state index in [1.807, 2.05) is 48.3 Å². The van der Waals surface area contributed by atoms with E-state index in [4.69, 9.17) is 5.11 Å². The lowest BCUT2D eigenvalue weighted by atomic mass is 10.3. The van der Waals surface area contributed by atoms with Crippen LogP contribution < -0.4 is 10.2 Å². The number of benzene rings is 1. The van der Waals surface area contributed by atoms with E-state index < -0.39 is 0 Å². The lowest BCUT2D eigenvalue weighted by Crippen LogP contribution is -2.12. The molecule has 0 fully saturated rings. The van der Waals surface area contributed by atoms with Gasteiger partial charge in [-0.25, -0.2) is 9.97 Å². The van der Waals surface area contributed by atoms with Crippen LogP contribution in [0.15, 0.2) is 42.7 Å². The molecule has 0 bridgehead atoms. The molecule has 1 aromatic carbocycles. The molecule has 0 aliphatic rings. The lowest BCUT2D eigenvalue weighted by Gasteiger charge is -2.18. The first kappa shape index (κ1) is 13.3. The van der Waals surface area contributed by atoms with Crippen molar-refractivity contribution in [3.8, 4) is 0 Å². The number of nitrogens with zero attached hydrogens (tertiary/aromatic N) is 3. The van der Waals surface area contributed by atoms with Crippen LogP contribution in [0.3, 0.4) is 0 Å². The van der Waals surface area contributed by atoms with Crippen LogP contribution in [0.1, 0.15) is 6.42 Å². The summed E-state index contributed by atoms with van der Waals surface area (Å²) in [6, 6.07) is 11.9. The molecular weight excluding hydrogens is 240 g/mol. The number of para-hydroxylation sites is 1. The summed E-state index contributed by atoms with van der Waals surface area (Å²) in [5.41, 5.74) is 1.07. The number of aliphatic hydroxyl groups excluding tert-OH is 1. The summed E-state index contributed by atoms with van der Waals surface area (Å²) >= 11 is 0. The van der Waals surface area contributed by atoms with Crippen LogP contribution in [0.2, 0.25) is 0 Å². The van der Waals surface area contributed by atoms with Gasteiger partial charge in [-0.15, -0.1) is 0 Å². The number of aliphatic hydroxyl groups is 1. The molecule has 0 amide bonds. The normalized spacial score (nSPS) is 10.2. The maximum absolute atomic E-state index is 8.75. The van der Waals surface area contributed by atoms with Crippen molar-refractivity contribution in [3.63, 3.8) is 0 Å². The van der Waals surface area contributed by atoms with Crippen molar-refractivity contribution in [1.29, 1.82) is 0 Å². The van der Waals surface area contributed by atoms with Crippen molar-refractivity contribution >= 4 is 17.3 Å². The molecule has 0 aliphatic heterocycles. The maximum atomic E-state index is 8.75. The Kier molecular flexibility index (Phi) is 4.69. The predicted octanol–water partition coefficient (Wildman–Crippen LogP) is 2.04. The summed E-state index contributed by atoms with van der Waals surface area (Å²) < 4.78 is 0. The number of nitrogens with one attached hydrogen (secondary N) is 1. The lowest BCUT2D eigenvalue weighted by molar-refractivity contribution is 0.292. The molecule has 1 aromatic heterocycles. The molecule has 2 rings (SSSR count). The monoisotopic (exact) mass is 258 g/mol. The summed E-state index contributed by atoms with van der Waals surface area (Å²) in [4.78, 5) is 10.4. The highest BCUT2D eigenvalue weighted by Crippen LogP contribution is 2.21. The van der Waals surface area contributed by atoms with Crippen LogP contribution in [-0.4, -0.2) is 35.3 Å². The quantitative estimate of drug-likeness (QED) is 0.776. The average Bonchev–Trinajstić information content (AvgIpc) is 2.48. The van der Waals surface area contributed by atoms with Gasteiger partial charge in [-0.1, -0.05) is 18.2 Å². The van der Waals surface area contributed by atoms with Crippen LogP contribution in [-0.2, 0) is 0 Å². The highest BCUT2D eigenvalue weighted by Gasteiger charge is 2.05. The second-order valence-electron chi connectivity index (χ2n) is 4.16. The van der Waals surface area contributed by atoms with Crippen LogP contribution in [0.4, 0.5) is 17.3 Å². The van der Waals surface area contributed by atoms with Crippen molar-refractivity contribution in [2.75, 3.05) is 30.4 Å². The summed E-state index contributed by atoms with van der Waals surface area (Å²) in [5.74, 6) is 1.59. The molecule has 0 atom stereocenters. The van der Waals surface area contributed by atoms with Gasteiger partial charge in [-0.2, -0.15) is 0 Å². The van der Waals surface area contributed by atoms with E-state index in [1.54, 1.807) is 0 Å². The first-order valence-electron chi connectivity index (χ1n) is 6.27. The highest BCUT2D eigenvalue weighted by molar-refractivity contribution is 5.61. The topological polar surface area (TPSA) is 61.3 Å². The summed E-state index contributed by atoms with van der Waals surface area (Å²) in [5, 5.41) is 11.9. The highest BCUT2D eigenvalue weighted by atomic mass is 16.3. The Labute approximate surface area is 112 Å².